The molecule has 2 heterocycles. The van der Waals surface area contributed by atoms with Gasteiger partial charge in [0.1, 0.15) is 6.54 Å². The van der Waals surface area contributed by atoms with Crippen LogP contribution in [0, 0.1) is 0 Å². The fourth-order valence-corrected chi connectivity index (χ4v) is 10.2. The Morgan fingerprint density at radius 2 is 1.54 bits per heavy atom. The Labute approximate surface area is 359 Å². The predicted octanol–water partition coefficient (Wildman–Crippen LogP) is 8.20. The molecule has 0 aromatic heterocycles. The van der Waals surface area contributed by atoms with Gasteiger partial charge >= 0.3 is 5.97 Å². The number of anilines is 1. The first-order chi connectivity index (χ1) is 28.9. The third-order valence-electron chi connectivity index (χ3n) is 12.1. The van der Waals surface area contributed by atoms with Gasteiger partial charge < -0.3 is 24.0 Å². The van der Waals surface area contributed by atoms with Crippen LogP contribution in [0.1, 0.15) is 76.0 Å². The second kappa shape index (κ2) is 18.7. The summed E-state index contributed by atoms with van der Waals surface area (Å²) in [6.07, 6.45) is 13.7. The molecule has 61 heavy (non-hydrogen) atoms. The van der Waals surface area contributed by atoms with Crippen molar-refractivity contribution >= 4 is 64.8 Å². The SMILES string of the molecule is COCCc1ccc2c3c(ccc2c1)[N+](CCCCCC(=O)O)=C(C=CC=CC=C1N(CCOC)c2ccc4cc(S(=O)(=O)O)ccc4c2C1(C)CCCS(=O)(=O)[O-])C3(C)C. The molecule has 0 bridgehead atoms. The normalized spacial score (nSPS) is 18.4. The van der Waals surface area contributed by atoms with E-state index in [9.17, 15) is 35.8 Å². The molecule has 12 nitrogen and oxygen atoms in total. The van der Waals surface area contributed by atoms with Gasteiger partial charge in [-0.05, 0) is 116 Å². The number of fused-ring (bicyclic) bond motifs is 6. The van der Waals surface area contributed by atoms with Gasteiger partial charge in [0.2, 0.25) is 5.69 Å². The standard InChI is InChI=1S/C47H56N2O10S2/c1-46(2)41(48(26-11-7-10-15-43(50)51)39-22-17-34-31-33(24-28-58-4)16-20-37(34)44(39)46)13-8-6-9-14-42-47(3,25-12-30-60(52,53)54)45-38-21-19-36(61(55,56)57)32-35(38)18-23-40(45)49(42)27-29-59-5/h6,8-9,13-14,16-23,31-32H,7,10-12,15,24-30H2,1-5H3,(H2-,50,51,52,53,54,55,56,57). The van der Waals surface area contributed by atoms with Crippen molar-refractivity contribution < 1.29 is 49.9 Å². The van der Waals surface area contributed by atoms with Crippen molar-refractivity contribution in [3.8, 4) is 0 Å². The summed E-state index contributed by atoms with van der Waals surface area (Å²) in [6, 6.07) is 19.1. The van der Waals surface area contributed by atoms with E-state index in [1.54, 1.807) is 26.4 Å². The molecule has 2 aliphatic heterocycles. The van der Waals surface area contributed by atoms with Crippen molar-refractivity contribution in [2.24, 2.45) is 0 Å². The molecular formula is C47H56N2O10S2. The monoisotopic (exact) mass is 872 g/mol. The number of allylic oxidation sites excluding steroid dienone is 6. The summed E-state index contributed by atoms with van der Waals surface area (Å²) in [4.78, 5) is 13.1. The van der Waals surface area contributed by atoms with E-state index in [2.05, 4.69) is 59.7 Å². The molecule has 14 heteroatoms. The van der Waals surface area contributed by atoms with E-state index in [1.165, 1.54) is 28.6 Å². The summed E-state index contributed by atoms with van der Waals surface area (Å²) < 4.78 is 82.4. The van der Waals surface area contributed by atoms with E-state index in [0.717, 1.165) is 64.9 Å². The van der Waals surface area contributed by atoms with E-state index >= 15 is 0 Å². The fraction of sp³-hybridized carbons (Fsp3) is 0.404. The van der Waals surface area contributed by atoms with E-state index < -0.39 is 37.4 Å². The molecule has 6 rings (SSSR count). The second-order valence-corrected chi connectivity index (χ2v) is 19.5. The van der Waals surface area contributed by atoms with Gasteiger partial charge in [-0.25, -0.2) is 8.42 Å². The van der Waals surface area contributed by atoms with E-state index in [4.69, 9.17) is 9.47 Å². The Hall–Kier alpha value is -4.70. The van der Waals surface area contributed by atoms with Gasteiger partial charge in [-0.15, -0.1) is 0 Å². The van der Waals surface area contributed by atoms with Crippen molar-refractivity contribution in [1.82, 2.24) is 0 Å². The van der Waals surface area contributed by atoms with E-state index in [-0.39, 0.29) is 23.2 Å². The van der Waals surface area contributed by atoms with Crippen LogP contribution in [0.25, 0.3) is 21.5 Å². The third-order valence-corrected chi connectivity index (χ3v) is 13.7. The highest BCUT2D eigenvalue weighted by atomic mass is 32.2. The highest BCUT2D eigenvalue weighted by Crippen LogP contribution is 2.53. The van der Waals surface area contributed by atoms with Gasteiger partial charge in [0.05, 0.1) is 33.6 Å². The molecule has 1 unspecified atom stereocenters. The van der Waals surface area contributed by atoms with Crippen LogP contribution in [0.4, 0.5) is 11.4 Å². The highest BCUT2D eigenvalue weighted by Gasteiger charge is 2.46. The molecule has 0 fully saturated rings. The summed E-state index contributed by atoms with van der Waals surface area (Å²) in [5, 5.41) is 12.9. The van der Waals surface area contributed by atoms with Gasteiger partial charge in [0.15, 0.2) is 5.71 Å². The summed E-state index contributed by atoms with van der Waals surface area (Å²) in [5.74, 6) is -1.32. The molecule has 1 atom stereocenters. The molecule has 2 N–H and O–H groups in total. The molecule has 0 saturated heterocycles. The summed E-state index contributed by atoms with van der Waals surface area (Å²) in [7, 11) is -5.62. The molecule has 0 spiro atoms. The number of carbonyl (C=O) groups is 1. The number of hydrogen-bond acceptors (Lipinski definition) is 9. The lowest BCUT2D eigenvalue weighted by Gasteiger charge is -2.31. The molecule has 0 amide bonds. The number of benzene rings is 4. The van der Waals surface area contributed by atoms with Crippen LogP contribution in [0.15, 0.2) is 102 Å². The number of aliphatic carboxylic acids is 1. The van der Waals surface area contributed by atoms with Gasteiger partial charge in [0, 0.05) is 73.9 Å². The van der Waals surface area contributed by atoms with Crippen molar-refractivity contribution in [2.75, 3.05) is 51.2 Å². The first-order valence-corrected chi connectivity index (χ1v) is 23.6. The van der Waals surface area contributed by atoms with Gasteiger partial charge in [-0.2, -0.15) is 13.0 Å². The molecule has 326 valence electrons. The zero-order valence-corrected chi connectivity index (χ0v) is 37.1. The first kappa shape index (κ1) is 45.8. The molecule has 4 aromatic rings. The Kier molecular flexibility index (Phi) is 14.1. The lowest BCUT2D eigenvalue weighted by atomic mass is 9.76. The smallest absolute Gasteiger partial charge is 0.303 e. The second-order valence-electron chi connectivity index (χ2n) is 16.6. The molecular weight excluding hydrogens is 817 g/mol. The number of ether oxygens (including phenoxy) is 2. The van der Waals surface area contributed by atoms with Crippen LogP contribution in [0.5, 0.6) is 0 Å². The number of methoxy groups -OCH3 is 2. The molecule has 2 aliphatic rings. The van der Waals surface area contributed by atoms with Crippen LogP contribution in [0.3, 0.4) is 0 Å². The minimum Gasteiger partial charge on any atom is -0.748 e. The topological polar surface area (TPSA) is 174 Å². The summed E-state index contributed by atoms with van der Waals surface area (Å²) in [5.41, 5.74) is 6.10. The zero-order chi connectivity index (χ0) is 44.2. The van der Waals surface area contributed by atoms with Crippen LogP contribution in [0.2, 0.25) is 0 Å². The largest absolute Gasteiger partial charge is 0.748 e. The molecule has 4 aromatic carbocycles. The van der Waals surface area contributed by atoms with Crippen LogP contribution in [-0.2, 0) is 51.8 Å². The summed E-state index contributed by atoms with van der Waals surface area (Å²) in [6.45, 7) is 8.70. The number of carboxylic acids is 1. The van der Waals surface area contributed by atoms with Crippen LogP contribution >= 0.6 is 0 Å². The Balaban J connectivity index is 1.39. The van der Waals surface area contributed by atoms with Crippen LogP contribution in [-0.4, -0.2) is 93.6 Å². The number of rotatable bonds is 20. The maximum atomic E-state index is 12.0. The molecule has 0 saturated carbocycles. The third kappa shape index (κ3) is 10.0. The molecule has 0 radical (unpaired) electrons. The highest BCUT2D eigenvalue weighted by molar-refractivity contribution is 7.86. The Morgan fingerprint density at radius 1 is 0.836 bits per heavy atom. The number of nitrogens with zero attached hydrogens (tertiary/aromatic N) is 2. The maximum absolute atomic E-state index is 12.0. The summed E-state index contributed by atoms with van der Waals surface area (Å²) >= 11 is 0. The Morgan fingerprint density at radius 3 is 2.25 bits per heavy atom. The zero-order valence-electron chi connectivity index (χ0n) is 35.5. The van der Waals surface area contributed by atoms with Crippen LogP contribution < -0.4 is 4.90 Å². The number of hydrogen-bond donors (Lipinski definition) is 2. The Bertz CT molecular complexity index is 2660. The number of carboxylic acid groups (broad SMARTS) is 1. The van der Waals surface area contributed by atoms with Gasteiger partial charge in [-0.3, -0.25) is 9.35 Å². The van der Waals surface area contributed by atoms with Crippen molar-refractivity contribution in [1.29, 1.82) is 0 Å². The van der Waals surface area contributed by atoms with Crippen molar-refractivity contribution in [2.45, 2.75) is 81.4 Å². The number of unbranched alkanes of at least 4 members (excludes halogenated alkanes) is 2. The average molecular weight is 873 g/mol. The quantitative estimate of drug-likeness (QED) is 0.0379. The lowest BCUT2D eigenvalue weighted by Crippen LogP contribution is -2.31. The van der Waals surface area contributed by atoms with Gasteiger partial charge in [0.25, 0.3) is 10.1 Å². The first-order valence-electron chi connectivity index (χ1n) is 20.6. The fourth-order valence-electron chi connectivity index (χ4n) is 9.21. The van der Waals surface area contributed by atoms with Gasteiger partial charge in [-0.1, -0.05) is 48.6 Å². The van der Waals surface area contributed by atoms with E-state index in [0.29, 0.717) is 38.0 Å². The average Bonchev–Trinajstić information content (AvgIpc) is 3.56. The van der Waals surface area contributed by atoms with Crippen molar-refractivity contribution in [3.05, 3.63) is 113 Å². The molecule has 0 aliphatic carbocycles. The predicted molar refractivity (Wildman–Crippen MR) is 239 cm³/mol. The van der Waals surface area contributed by atoms with E-state index in [1.807, 2.05) is 37.3 Å². The minimum atomic E-state index is -4.48. The lowest BCUT2D eigenvalue weighted by molar-refractivity contribution is -0.438. The minimum absolute atomic E-state index is 0.101. The maximum Gasteiger partial charge on any atom is 0.303 e. The van der Waals surface area contributed by atoms with Crippen molar-refractivity contribution in [3.63, 3.8) is 0 Å².